The molecule has 0 fully saturated rings. The Morgan fingerprint density at radius 1 is 1.10 bits per heavy atom. The van der Waals surface area contributed by atoms with Crippen molar-refractivity contribution >= 4 is 34.1 Å². The molecule has 0 bridgehead atoms. The van der Waals surface area contributed by atoms with Crippen LogP contribution in [0.15, 0.2) is 59.8 Å². The molecular weight excluding hydrogens is 284 g/mol. The first-order valence-corrected chi connectivity index (χ1v) is 6.90. The average Bonchev–Trinajstić information content (AvgIpc) is 2.47. The molecule has 3 rings (SSSR count). The van der Waals surface area contributed by atoms with E-state index in [0.29, 0.717) is 22.9 Å². The Balaban J connectivity index is 0.000000154. The quantitative estimate of drug-likeness (QED) is 0.707. The van der Waals surface area contributed by atoms with Gasteiger partial charge in [-0.1, -0.05) is 48.5 Å². The minimum Gasteiger partial charge on any atom is -0.478 e. The number of nitrogens with one attached hydrogen (secondary N) is 2. The highest BCUT2D eigenvalue weighted by molar-refractivity contribution is 7.80. The standard InChI is InChI=1S/C10H8.C6H8N2O2S/c1-2-6-10-8-4-3-7-9(10)5-1;1-3-4(5(9)10)2-7-6(11)8-3/h1-8H;2H2,1H3,(H,9,10)(H2,7,8,11). The van der Waals surface area contributed by atoms with E-state index in [9.17, 15) is 4.79 Å². The predicted octanol–water partition coefficient (Wildman–Crippen LogP) is 2.66. The first kappa shape index (κ1) is 15.0. The highest BCUT2D eigenvalue weighted by Crippen LogP contribution is 2.11. The van der Waals surface area contributed by atoms with E-state index in [1.54, 1.807) is 6.92 Å². The third-order valence-electron chi connectivity index (χ3n) is 3.10. The van der Waals surface area contributed by atoms with Gasteiger partial charge >= 0.3 is 5.97 Å². The maximum absolute atomic E-state index is 10.5. The molecule has 0 saturated heterocycles. The molecule has 0 amide bonds. The van der Waals surface area contributed by atoms with Crippen LogP contribution in [0.2, 0.25) is 0 Å². The van der Waals surface area contributed by atoms with Crippen LogP contribution in [0.1, 0.15) is 6.92 Å². The fourth-order valence-corrected chi connectivity index (χ4v) is 2.19. The molecule has 0 aromatic heterocycles. The highest BCUT2D eigenvalue weighted by Gasteiger charge is 2.16. The van der Waals surface area contributed by atoms with Gasteiger partial charge in [-0.2, -0.15) is 0 Å². The van der Waals surface area contributed by atoms with Crippen molar-refractivity contribution in [3.63, 3.8) is 0 Å². The molecule has 0 saturated carbocycles. The molecule has 0 aliphatic carbocycles. The van der Waals surface area contributed by atoms with Gasteiger partial charge in [-0.3, -0.25) is 0 Å². The lowest BCUT2D eigenvalue weighted by molar-refractivity contribution is -0.132. The molecule has 2 aromatic carbocycles. The molecule has 108 valence electrons. The van der Waals surface area contributed by atoms with Crippen molar-refractivity contribution < 1.29 is 9.90 Å². The summed E-state index contributed by atoms with van der Waals surface area (Å²) in [6, 6.07) is 16.7. The average molecular weight is 300 g/mol. The van der Waals surface area contributed by atoms with Crippen LogP contribution in [0.4, 0.5) is 0 Å². The number of hydrogen-bond acceptors (Lipinski definition) is 2. The SMILES string of the molecule is CC1=C(C(=O)O)CNC(=S)N1.c1ccc2ccccc2c1. The Kier molecular flexibility index (Phi) is 4.90. The number of thiocarbonyl (C=S) groups is 1. The second-order valence-electron chi connectivity index (χ2n) is 4.56. The van der Waals surface area contributed by atoms with Gasteiger partial charge in [0.15, 0.2) is 5.11 Å². The Morgan fingerprint density at radius 3 is 1.95 bits per heavy atom. The summed E-state index contributed by atoms with van der Waals surface area (Å²) in [6.45, 7) is 1.99. The largest absolute Gasteiger partial charge is 0.478 e. The van der Waals surface area contributed by atoms with E-state index in [0.717, 1.165) is 0 Å². The van der Waals surface area contributed by atoms with E-state index in [4.69, 9.17) is 17.3 Å². The minimum absolute atomic E-state index is 0.299. The smallest absolute Gasteiger partial charge is 0.335 e. The molecule has 0 radical (unpaired) electrons. The molecule has 0 unspecified atom stereocenters. The number of hydrogen-bond donors (Lipinski definition) is 3. The summed E-state index contributed by atoms with van der Waals surface area (Å²) >= 11 is 4.77. The number of fused-ring (bicyclic) bond motifs is 1. The molecule has 1 heterocycles. The van der Waals surface area contributed by atoms with Crippen LogP contribution in [0.25, 0.3) is 10.8 Å². The third kappa shape index (κ3) is 4.03. The lowest BCUT2D eigenvalue weighted by Gasteiger charge is -2.19. The topological polar surface area (TPSA) is 61.4 Å². The van der Waals surface area contributed by atoms with Gasteiger partial charge in [0.25, 0.3) is 0 Å². The van der Waals surface area contributed by atoms with Crippen LogP contribution in [0.5, 0.6) is 0 Å². The number of carboxylic acids is 1. The number of aliphatic carboxylic acids is 1. The van der Waals surface area contributed by atoms with Crippen molar-refractivity contribution in [2.75, 3.05) is 6.54 Å². The van der Waals surface area contributed by atoms with Crippen molar-refractivity contribution in [3.05, 3.63) is 59.8 Å². The maximum Gasteiger partial charge on any atom is 0.335 e. The zero-order valence-electron chi connectivity index (χ0n) is 11.6. The molecule has 1 aliphatic rings. The first-order chi connectivity index (χ1) is 10.1. The van der Waals surface area contributed by atoms with Gasteiger partial charge in [-0.05, 0) is 29.9 Å². The van der Waals surface area contributed by atoms with Gasteiger partial charge in [-0.25, -0.2) is 4.79 Å². The highest BCUT2D eigenvalue weighted by atomic mass is 32.1. The van der Waals surface area contributed by atoms with E-state index in [-0.39, 0.29) is 0 Å². The second kappa shape index (κ2) is 6.85. The molecule has 2 aromatic rings. The number of benzene rings is 2. The van der Waals surface area contributed by atoms with Gasteiger partial charge in [0, 0.05) is 5.70 Å². The summed E-state index contributed by atoms with van der Waals surface area (Å²) in [5.41, 5.74) is 0.944. The fraction of sp³-hybridized carbons (Fsp3) is 0.125. The van der Waals surface area contributed by atoms with E-state index in [2.05, 4.69) is 59.2 Å². The lowest BCUT2D eigenvalue weighted by Crippen LogP contribution is -2.42. The summed E-state index contributed by atoms with van der Waals surface area (Å²) < 4.78 is 0. The Hall–Kier alpha value is -2.40. The zero-order chi connectivity index (χ0) is 15.2. The summed E-state index contributed by atoms with van der Waals surface area (Å²) in [5.74, 6) is -0.912. The zero-order valence-corrected chi connectivity index (χ0v) is 12.4. The van der Waals surface area contributed by atoms with Crippen LogP contribution in [-0.4, -0.2) is 22.7 Å². The first-order valence-electron chi connectivity index (χ1n) is 6.49. The van der Waals surface area contributed by atoms with Gasteiger partial charge in [-0.15, -0.1) is 0 Å². The van der Waals surface area contributed by atoms with Crippen molar-refractivity contribution in [1.29, 1.82) is 0 Å². The van der Waals surface area contributed by atoms with Gasteiger partial charge < -0.3 is 15.7 Å². The molecule has 0 atom stereocenters. The Bertz CT molecular complexity index is 645. The molecule has 21 heavy (non-hydrogen) atoms. The summed E-state index contributed by atoms with van der Waals surface area (Å²) in [4.78, 5) is 10.5. The Morgan fingerprint density at radius 2 is 1.57 bits per heavy atom. The van der Waals surface area contributed by atoms with Crippen LogP contribution >= 0.6 is 12.2 Å². The number of allylic oxidation sites excluding steroid dienone is 1. The summed E-state index contributed by atoms with van der Waals surface area (Å²) in [5, 5.41) is 17.2. The number of rotatable bonds is 1. The van der Waals surface area contributed by atoms with E-state index in [1.165, 1.54) is 10.8 Å². The molecule has 1 aliphatic heterocycles. The van der Waals surface area contributed by atoms with Gasteiger partial charge in [0.2, 0.25) is 0 Å². The van der Waals surface area contributed by atoms with Gasteiger partial charge in [0.1, 0.15) is 0 Å². The van der Waals surface area contributed by atoms with Crippen molar-refractivity contribution in [1.82, 2.24) is 10.6 Å². The minimum atomic E-state index is -0.912. The Labute approximate surface area is 128 Å². The van der Waals surface area contributed by atoms with Crippen molar-refractivity contribution in [3.8, 4) is 0 Å². The second-order valence-corrected chi connectivity index (χ2v) is 4.97. The van der Waals surface area contributed by atoms with E-state index >= 15 is 0 Å². The van der Waals surface area contributed by atoms with E-state index < -0.39 is 5.97 Å². The van der Waals surface area contributed by atoms with Crippen molar-refractivity contribution in [2.24, 2.45) is 0 Å². The normalized spacial score (nSPS) is 13.9. The van der Waals surface area contributed by atoms with Crippen molar-refractivity contribution in [2.45, 2.75) is 6.92 Å². The molecule has 0 spiro atoms. The molecular formula is C16H16N2O2S. The summed E-state index contributed by atoms with van der Waals surface area (Å²) in [7, 11) is 0. The van der Waals surface area contributed by atoms with Gasteiger partial charge in [0.05, 0.1) is 12.1 Å². The number of carbonyl (C=O) groups is 1. The van der Waals surface area contributed by atoms with E-state index in [1.807, 2.05) is 0 Å². The molecule has 4 nitrogen and oxygen atoms in total. The van der Waals surface area contributed by atoms with Crippen LogP contribution in [-0.2, 0) is 4.79 Å². The third-order valence-corrected chi connectivity index (χ3v) is 3.34. The molecule has 3 N–H and O–H groups in total. The van der Waals surface area contributed by atoms with Crippen LogP contribution in [0, 0.1) is 0 Å². The lowest BCUT2D eigenvalue weighted by atomic mass is 10.1. The van der Waals surface area contributed by atoms with Crippen LogP contribution < -0.4 is 10.6 Å². The maximum atomic E-state index is 10.5. The molecule has 5 heteroatoms. The van der Waals surface area contributed by atoms with Crippen LogP contribution in [0.3, 0.4) is 0 Å². The monoisotopic (exact) mass is 300 g/mol. The predicted molar refractivity (Wildman–Crippen MR) is 88.0 cm³/mol. The fourth-order valence-electron chi connectivity index (χ4n) is 1.96. The number of carboxylic acid groups (broad SMARTS) is 1. The summed E-state index contributed by atoms with van der Waals surface area (Å²) in [6.07, 6.45) is 0.